The third-order valence-electron chi connectivity index (χ3n) is 2.99. The predicted octanol–water partition coefficient (Wildman–Crippen LogP) is 2.87. The van der Waals surface area contributed by atoms with E-state index in [1.807, 2.05) is 42.1 Å². The van der Waals surface area contributed by atoms with Crippen LogP contribution in [0.2, 0.25) is 0 Å². The van der Waals surface area contributed by atoms with Crippen LogP contribution in [0.4, 0.5) is 0 Å². The van der Waals surface area contributed by atoms with E-state index in [1.165, 1.54) is 0 Å². The van der Waals surface area contributed by atoms with Crippen molar-refractivity contribution in [1.29, 1.82) is 0 Å². The van der Waals surface area contributed by atoms with Gasteiger partial charge in [-0.2, -0.15) is 11.8 Å². The lowest BCUT2D eigenvalue weighted by Crippen LogP contribution is -2.33. The summed E-state index contributed by atoms with van der Waals surface area (Å²) in [7, 11) is 0. The zero-order valence-electron chi connectivity index (χ0n) is 9.39. The fourth-order valence-corrected chi connectivity index (χ4v) is 2.65. The summed E-state index contributed by atoms with van der Waals surface area (Å²) < 4.78 is 5.28. The maximum atomic E-state index is 11.6. The molecule has 0 amide bonds. The maximum absolute atomic E-state index is 11.6. The van der Waals surface area contributed by atoms with Crippen LogP contribution < -0.4 is 0 Å². The minimum Gasteiger partial charge on any atom is -0.461 e. The number of hydrogen-bond acceptors (Lipinski definition) is 3. The second kappa shape index (κ2) is 5.39. The molecule has 1 aromatic rings. The molecule has 3 heteroatoms. The Labute approximate surface area is 100 Å². The van der Waals surface area contributed by atoms with Gasteiger partial charge in [-0.15, -0.1) is 0 Å². The van der Waals surface area contributed by atoms with Gasteiger partial charge in [-0.25, -0.2) is 0 Å². The molecule has 1 aliphatic rings. The summed E-state index contributed by atoms with van der Waals surface area (Å²) in [6.45, 7) is 0.403. The van der Waals surface area contributed by atoms with Crippen molar-refractivity contribution in [2.24, 2.45) is 5.92 Å². The molecular formula is C13H16O2S. The molecule has 1 saturated carbocycles. The molecule has 0 atom stereocenters. The molecule has 2 nitrogen and oxygen atoms in total. The van der Waals surface area contributed by atoms with Crippen molar-refractivity contribution in [3.63, 3.8) is 0 Å². The van der Waals surface area contributed by atoms with E-state index in [4.69, 9.17) is 4.74 Å². The van der Waals surface area contributed by atoms with E-state index >= 15 is 0 Å². The van der Waals surface area contributed by atoms with Crippen molar-refractivity contribution in [2.75, 3.05) is 6.26 Å². The molecule has 86 valence electrons. The first-order chi connectivity index (χ1) is 7.79. The highest BCUT2D eigenvalue weighted by atomic mass is 32.2. The van der Waals surface area contributed by atoms with E-state index < -0.39 is 0 Å². The summed E-state index contributed by atoms with van der Waals surface area (Å²) in [4.78, 5) is 11.6. The lowest BCUT2D eigenvalue weighted by molar-refractivity contribution is -0.152. The molecule has 1 aromatic carbocycles. The molecular weight excluding hydrogens is 220 g/mol. The summed E-state index contributed by atoms with van der Waals surface area (Å²) in [5.74, 6) is 0.107. The molecule has 16 heavy (non-hydrogen) atoms. The zero-order valence-corrected chi connectivity index (χ0v) is 10.2. The molecule has 0 radical (unpaired) electrons. The standard InChI is InChI=1S/C13H16O2S/c1-16-12-7-11(8-12)13(14)15-9-10-5-3-2-4-6-10/h2-6,11-12H,7-9H2,1H3/t11-,12+. The first-order valence-corrected chi connectivity index (χ1v) is 6.81. The van der Waals surface area contributed by atoms with Crippen LogP contribution in [-0.2, 0) is 16.1 Å². The van der Waals surface area contributed by atoms with Crippen LogP contribution in [0.3, 0.4) is 0 Å². The van der Waals surface area contributed by atoms with Crippen LogP contribution in [0.15, 0.2) is 30.3 Å². The fourth-order valence-electron chi connectivity index (χ4n) is 1.80. The number of hydrogen-bond donors (Lipinski definition) is 0. The highest BCUT2D eigenvalue weighted by Crippen LogP contribution is 2.36. The smallest absolute Gasteiger partial charge is 0.309 e. The van der Waals surface area contributed by atoms with Crippen LogP contribution in [0.1, 0.15) is 18.4 Å². The van der Waals surface area contributed by atoms with E-state index in [0.29, 0.717) is 11.9 Å². The third-order valence-corrected chi connectivity index (χ3v) is 4.04. The predicted molar refractivity (Wildman–Crippen MR) is 66.3 cm³/mol. The van der Waals surface area contributed by atoms with Gasteiger partial charge in [-0.1, -0.05) is 30.3 Å². The summed E-state index contributed by atoms with van der Waals surface area (Å²) in [6, 6.07) is 9.81. The lowest BCUT2D eigenvalue weighted by Gasteiger charge is -2.31. The Bertz CT molecular complexity index is 344. The Kier molecular flexibility index (Phi) is 3.88. The van der Waals surface area contributed by atoms with Crippen LogP contribution in [0.5, 0.6) is 0 Å². The SMILES string of the molecule is CS[C@H]1C[C@@H](C(=O)OCc2ccccc2)C1. The van der Waals surface area contributed by atoms with Crippen LogP contribution in [0, 0.1) is 5.92 Å². The molecule has 0 aromatic heterocycles. The second-order valence-corrected chi connectivity index (χ2v) is 5.26. The molecule has 2 rings (SSSR count). The molecule has 1 fully saturated rings. The van der Waals surface area contributed by atoms with Gasteiger partial charge in [0, 0.05) is 5.25 Å². The maximum Gasteiger partial charge on any atom is 0.309 e. The van der Waals surface area contributed by atoms with E-state index in [0.717, 1.165) is 18.4 Å². The summed E-state index contributed by atoms with van der Waals surface area (Å²) >= 11 is 1.84. The van der Waals surface area contributed by atoms with Crippen LogP contribution >= 0.6 is 11.8 Å². The Morgan fingerprint density at radius 1 is 1.38 bits per heavy atom. The highest BCUT2D eigenvalue weighted by molar-refractivity contribution is 7.99. The van der Waals surface area contributed by atoms with Crippen LogP contribution in [0.25, 0.3) is 0 Å². The van der Waals surface area contributed by atoms with E-state index in [-0.39, 0.29) is 11.9 Å². The monoisotopic (exact) mass is 236 g/mol. The van der Waals surface area contributed by atoms with E-state index in [2.05, 4.69) is 6.26 Å². The van der Waals surface area contributed by atoms with E-state index in [1.54, 1.807) is 0 Å². The minimum absolute atomic E-state index is 0.0332. The van der Waals surface area contributed by atoms with Gasteiger partial charge in [0.25, 0.3) is 0 Å². The number of thioether (sulfide) groups is 1. The lowest BCUT2D eigenvalue weighted by atomic mass is 9.85. The Morgan fingerprint density at radius 3 is 2.69 bits per heavy atom. The van der Waals surface area contributed by atoms with Gasteiger partial charge in [0.05, 0.1) is 5.92 Å². The number of esters is 1. The Hall–Kier alpha value is -0.960. The summed E-state index contributed by atoms with van der Waals surface area (Å²) in [5.41, 5.74) is 1.05. The average molecular weight is 236 g/mol. The number of benzene rings is 1. The highest BCUT2D eigenvalue weighted by Gasteiger charge is 2.34. The molecule has 0 N–H and O–H groups in total. The van der Waals surface area contributed by atoms with Gasteiger partial charge < -0.3 is 4.74 Å². The molecule has 0 spiro atoms. The van der Waals surface area contributed by atoms with Crippen molar-refractivity contribution in [2.45, 2.75) is 24.7 Å². The summed E-state index contributed by atoms with van der Waals surface area (Å²) in [6.07, 6.45) is 4.06. The number of ether oxygens (including phenoxy) is 1. The number of carbonyl (C=O) groups is 1. The van der Waals surface area contributed by atoms with Crippen molar-refractivity contribution in [1.82, 2.24) is 0 Å². The molecule has 1 aliphatic carbocycles. The topological polar surface area (TPSA) is 26.3 Å². The fraction of sp³-hybridized carbons (Fsp3) is 0.462. The van der Waals surface area contributed by atoms with Gasteiger partial charge in [0.1, 0.15) is 6.61 Å². The molecule has 0 saturated heterocycles. The van der Waals surface area contributed by atoms with Gasteiger partial charge >= 0.3 is 5.97 Å². The first kappa shape index (κ1) is 11.5. The van der Waals surface area contributed by atoms with Gasteiger partial charge in [-0.3, -0.25) is 4.79 Å². The number of carbonyl (C=O) groups excluding carboxylic acids is 1. The molecule has 0 unspecified atom stereocenters. The number of rotatable bonds is 4. The zero-order chi connectivity index (χ0) is 11.4. The van der Waals surface area contributed by atoms with Crippen molar-refractivity contribution >= 4 is 17.7 Å². The van der Waals surface area contributed by atoms with Crippen LogP contribution in [-0.4, -0.2) is 17.5 Å². The average Bonchev–Trinajstić information content (AvgIpc) is 2.26. The van der Waals surface area contributed by atoms with E-state index in [9.17, 15) is 4.79 Å². The minimum atomic E-state index is -0.0332. The van der Waals surface area contributed by atoms with Gasteiger partial charge in [0.2, 0.25) is 0 Å². The molecule has 0 bridgehead atoms. The quantitative estimate of drug-likeness (QED) is 0.752. The molecule has 0 aliphatic heterocycles. The van der Waals surface area contributed by atoms with Crippen molar-refractivity contribution in [3.8, 4) is 0 Å². The largest absolute Gasteiger partial charge is 0.461 e. The summed E-state index contributed by atoms with van der Waals surface area (Å²) in [5, 5.41) is 0.661. The third kappa shape index (κ3) is 2.79. The Balaban J connectivity index is 1.73. The van der Waals surface area contributed by atoms with Gasteiger partial charge in [-0.05, 0) is 24.7 Å². The Morgan fingerprint density at radius 2 is 2.06 bits per heavy atom. The van der Waals surface area contributed by atoms with Gasteiger partial charge in [0.15, 0.2) is 0 Å². The van der Waals surface area contributed by atoms with Crippen molar-refractivity contribution in [3.05, 3.63) is 35.9 Å². The molecule has 0 heterocycles. The normalized spacial score (nSPS) is 23.6. The van der Waals surface area contributed by atoms with Crippen molar-refractivity contribution < 1.29 is 9.53 Å². The second-order valence-electron chi connectivity index (χ2n) is 4.12. The first-order valence-electron chi connectivity index (χ1n) is 5.53.